The molecule has 0 saturated heterocycles. The van der Waals surface area contributed by atoms with Crippen LogP contribution in [0.2, 0.25) is 0 Å². The van der Waals surface area contributed by atoms with Gasteiger partial charge in [-0.25, -0.2) is 15.0 Å². The standard InChI is InChI=1S/C20H12N4O2/c25-16-9-8-13-11-14(19-22-15-7-4-10-21-20(15)26-19)17(24-18(13)23-16)12-5-2-1-3-6-12/h1-11H,(H,23,24,25). The maximum absolute atomic E-state index is 11.7. The first-order valence-corrected chi connectivity index (χ1v) is 8.09. The summed E-state index contributed by atoms with van der Waals surface area (Å²) in [6, 6.07) is 18.5. The number of hydrogen-bond acceptors (Lipinski definition) is 5. The van der Waals surface area contributed by atoms with Crippen molar-refractivity contribution in [3.63, 3.8) is 0 Å². The van der Waals surface area contributed by atoms with Gasteiger partial charge in [-0.05, 0) is 24.3 Å². The number of hydrogen-bond donors (Lipinski definition) is 1. The van der Waals surface area contributed by atoms with Crippen molar-refractivity contribution in [1.29, 1.82) is 0 Å². The van der Waals surface area contributed by atoms with E-state index in [2.05, 4.69) is 19.9 Å². The van der Waals surface area contributed by atoms with E-state index in [1.807, 2.05) is 48.5 Å². The largest absolute Gasteiger partial charge is 0.418 e. The average Bonchev–Trinajstić information content (AvgIpc) is 3.11. The summed E-state index contributed by atoms with van der Waals surface area (Å²) in [5.74, 6) is 0.443. The first-order valence-electron chi connectivity index (χ1n) is 8.09. The minimum atomic E-state index is -0.192. The van der Waals surface area contributed by atoms with Crippen molar-refractivity contribution >= 4 is 22.3 Å². The highest BCUT2D eigenvalue weighted by atomic mass is 16.4. The number of pyridine rings is 3. The molecule has 5 aromatic rings. The first-order chi connectivity index (χ1) is 12.8. The van der Waals surface area contributed by atoms with Crippen LogP contribution in [0.5, 0.6) is 0 Å². The van der Waals surface area contributed by atoms with E-state index in [9.17, 15) is 4.79 Å². The molecule has 0 saturated carbocycles. The molecule has 6 nitrogen and oxygen atoms in total. The van der Waals surface area contributed by atoms with Crippen LogP contribution in [0.1, 0.15) is 0 Å². The Hall–Kier alpha value is -3.80. The Morgan fingerprint density at radius 1 is 0.923 bits per heavy atom. The Morgan fingerprint density at radius 2 is 1.81 bits per heavy atom. The summed E-state index contributed by atoms with van der Waals surface area (Å²) in [6.45, 7) is 0. The van der Waals surface area contributed by atoms with Crippen LogP contribution >= 0.6 is 0 Å². The van der Waals surface area contributed by atoms with Gasteiger partial charge in [0.2, 0.25) is 17.2 Å². The quantitative estimate of drug-likeness (QED) is 0.528. The lowest BCUT2D eigenvalue weighted by Crippen LogP contribution is -2.04. The van der Waals surface area contributed by atoms with Crippen molar-refractivity contribution in [2.75, 3.05) is 0 Å². The van der Waals surface area contributed by atoms with E-state index < -0.39 is 0 Å². The van der Waals surface area contributed by atoms with E-state index in [4.69, 9.17) is 4.42 Å². The molecule has 0 unspecified atom stereocenters. The predicted molar refractivity (Wildman–Crippen MR) is 98.6 cm³/mol. The molecule has 26 heavy (non-hydrogen) atoms. The SMILES string of the molecule is O=c1ccc2cc(-c3nc4cccnc4o3)c(-c3ccccc3)nc2[nH]1. The maximum atomic E-state index is 11.7. The highest BCUT2D eigenvalue weighted by Crippen LogP contribution is 2.33. The average molecular weight is 340 g/mol. The van der Waals surface area contributed by atoms with Crippen LogP contribution in [0, 0.1) is 0 Å². The lowest BCUT2D eigenvalue weighted by Gasteiger charge is -2.08. The van der Waals surface area contributed by atoms with Gasteiger partial charge in [0.05, 0.1) is 11.3 Å². The number of nitrogens with one attached hydrogen (secondary N) is 1. The van der Waals surface area contributed by atoms with Crippen LogP contribution in [0.4, 0.5) is 0 Å². The van der Waals surface area contributed by atoms with Crippen LogP contribution in [0.25, 0.3) is 45.0 Å². The minimum absolute atomic E-state index is 0.192. The van der Waals surface area contributed by atoms with Gasteiger partial charge in [-0.3, -0.25) is 4.79 Å². The molecule has 5 rings (SSSR count). The molecule has 0 aliphatic carbocycles. The molecule has 0 bridgehead atoms. The molecular formula is C20H12N4O2. The van der Waals surface area contributed by atoms with Gasteiger partial charge in [0.25, 0.3) is 0 Å². The van der Waals surface area contributed by atoms with Crippen molar-refractivity contribution < 1.29 is 4.42 Å². The van der Waals surface area contributed by atoms with Gasteiger partial charge in [-0.1, -0.05) is 30.3 Å². The van der Waals surface area contributed by atoms with Gasteiger partial charge in [0.15, 0.2) is 0 Å². The van der Waals surface area contributed by atoms with E-state index in [1.165, 1.54) is 6.07 Å². The summed E-state index contributed by atoms with van der Waals surface area (Å²) in [5, 5.41) is 0.800. The Morgan fingerprint density at radius 3 is 2.65 bits per heavy atom. The normalized spacial score (nSPS) is 11.2. The molecule has 0 aliphatic heterocycles. The molecule has 0 spiro atoms. The van der Waals surface area contributed by atoms with Crippen molar-refractivity contribution in [2.45, 2.75) is 0 Å². The summed E-state index contributed by atoms with van der Waals surface area (Å²) >= 11 is 0. The topological polar surface area (TPSA) is 84.7 Å². The Balaban J connectivity index is 1.84. The van der Waals surface area contributed by atoms with Gasteiger partial charge in [-0.15, -0.1) is 0 Å². The number of aromatic amines is 1. The lowest BCUT2D eigenvalue weighted by atomic mass is 10.0. The summed E-state index contributed by atoms with van der Waals surface area (Å²) < 4.78 is 5.85. The van der Waals surface area contributed by atoms with Crippen LogP contribution in [-0.4, -0.2) is 19.9 Å². The zero-order valence-electron chi connectivity index (χ0n) is 13.5. The molecule has 0 fully saturated rings. The van der Waals surface area contributed by atoms with E-state index in [1.54, 1.807) is 12.3 Å². The van der Waals surface area contributed by atoms with Gasteiger partial charge >= 0.3 is 0 Å². The summed E-state index contributed by atoms with van der Waals surface area (Å²) in [4.78, 5) is 27.9. The van der Waals surface area contributed by atoms with E-state index in [0.717, 1.165) is 16.5 Å². The second-order valence-electron chi connectivity index (χ2n) is 5.86. The number of aromatic nitrogens is 4. The van der Waals surface area contributed by atoms with Crippen molar-refractivity contribution in [2.24, 2.45) is 0 Å². The van der Waals surface area contributed by atoms with Gasteiger partial charge in [0, 0.05) is 23.2 Å². The van der Waals surface area contributed by atoms with Crippen LogP contribution in [0.3, 0.4) is 0 Å². The first kappa shape index (κ1) is 14.5. The number of H-pyrrole nitrogens is 1. The molecule has 1 N–H and O–H groups in total. The van der Waals surface area contributed by atoms with Crippen molar-refractivity contribution in [3.8, 4) is 22.7 Å². The second-order valence-corrected chi connectivity index (χ2v) is 5.86. The highest BCUT2D eigenvalue weighted by molar-refractivity contribution is 5.89. The third-order valence-electron chi connectivity index (χ3n) is 4.15. The molecule has 0 atom stereocenters. The molecular weight excluding hydrogens is 328 g/mol. The van der Waals surface area contributed by atoms with E-state index >= 15 is 0 Å². The molecule has 1 aromatic carbocycles. The third kappa shape index (κ3) is 2.36. The van der Waals surface area contributed by atoms with Gasteiger partial charge in [-0.2, -0.15) is 0 Å². The van der Waals surface area contributed by atoms with Gasteiger partial charge in [0.1, 0.15) is 11.2 Å². The Bertz CT molecular complexity index is 1270. The number of rotatable bonds is 2. The monoisotopic (exact) mass is 340 g/mol. The van der Waals surface area contributed by atoms with Crippen LogP contribution in [-0.2, 0) is 0 Å². The van der Waals surface area contributed by atoms with Gasteiger partial charge < -0.3 is 9.40 Å². The molecule has 6 heteroatoms. The number of nitrogens with zero attached hydrogens (tertiary/aromatic N) is 3. The van der Waals surface area contributed by atoms with E-state index in [0.29, 0.717) is 28.5 Å². The maximum Gasteiger partial charge on any atom is 0.249 e. The lowest BCUT2D eigenvalue weighted by molar-refractivity contribution is 0.608. The molecule has 0 radical (unpaired) electrons. The Labute approximate surface area is 147 Å². The van der Waals surface area contributed by atoms with Crippen molar-refractivity contribution in [1.82, 2.24) is 19.9 Å². The minimum Gasteiger partial charge on any atom is -0.418 e. The summed E-state index contributed by atoms with van der Waals surface area (Å²) in [5.41, 5.74) is 3.83. The number of oxazole rings is 1. The predicted octanol–water partition coefficient (Wildman–Crippen LogP) is 3.79. The Kier molecular flexibility index (Phi) is 3.15. The third-order valence-corrected chi connectivity index (χ3v) is 4.15. The molecule has 124 valence electrons. The highest BCUT2D eigenvalue weighted by Gasteiger charge is 2.17. The molecule has 4 heterocycles. The second kappa shape index (κ2) is 5.63. The fourth-order valence-corrected chi connectivity index (χ4v) is 2.94. The zero-order chi connectivity index (χ0) is 17.5. The van der Waals surface area contributed by atoms with E-state index in [-0.39, 0.29) is 5.56 Å². The molecule has 4 aromatic heterocycles. The van der Waals surface area contributed by atoms with Crippen LogP contribution < -0.4 is 5.56 Å². The summed E-state index contributed by atoms with van der Waals surface area (Å²) in [6.07, 6.45) is 1.67. The number of benzene rings is 1. The molecule has 0 aliphatic rings. The van der Waals surface area contributed by atoms with Crippen molar-refractivity contribution in [3.05, 3.63) is 77.2 Å². The summed E-state index contributed by atoms with van der Waals surface area (Å²) in [7, 11) is 0. The van der Waals surface area contributed by atoms with Crippen LogP contribution in [0.15, 0.2) is 76.1 Å². The number of fused-ring (bicyclic) bond motifs is 2. The fourth-order valence-electron chi connectivity index (χ4n) is 2.94. The fraction of sp³-hybridized carbons (Fsp3) is 0. The smallest absolute Gasteiger partial charge is 0.249 e. The molecule has 0 amide bonds. The zero-order valence-corrected chi connectivity index (χ0v) is 13.5.